The standard InChI is InChI=1S/C21H21N5O2/c1-12-10-26(11-13(2)27-12)20-9-23-16-5-3-14(7-17(16)24-20)15-4-6-19-18(8-15)25-21(22)28-19/h3-9,12-13H,10-11H2,1-2H3,(H2,22,25). The van der Waals surface area contributed by atoms with Gasteiger partial charge in [-0.1, -0.05) is 12.1 Å². The van der Waals surface area contributed by atoms with Crippen molar-refractivity contribution in [1.29, 1.82) is 0 Å². The molecule has 142 valence electrons. The monoisotopic (exact) mass is 375 g/mol. The number of oxazole rings is 1. The first-order valence-corrected chi connectivity index (χ1v) is 9.39. The van der Waals surface area contributed by atoms with Crippen LogP contribution in [0.15, 0.2) is 47.0 Å². The van der Waals surface area contributed by atoms with Crippen LogP contribution in [0.3, 0.4) is 0 Å². The van der Waals surface area contributed by atoms with E-state index in [1.807, 2.05) is 36.5 Å². The van der Waals surface area contributed by atoms with Gasteiger partial charge in [0.15, 0.2) is 5.58 Å². The van der Waals surface area contributed by atoms with Crippen LogP contribution in [0, 0.1) is 0 Å². The molecule has 0 radical (unpaired) electrons. The molecule has 2 N–H and O–H groups in total. The predicted molar refractivity (Wildman–Crippen MR) is 109 cm³/mol. The Balaban J connectivity index is 1.53. The van der Waals surface area contributed by atoms with Crippen LogP contribution in [0.5, 0.6) is 0 Å². The fraction of sp³-hybridized carbons (Fsp3) is 0.286. The van der Waals surface area contributed by atoms with E-state index in [9.17, 15) is 0 Å². The molecule has 2 unspecified atom stereocenters. The van der Waals surface area contributed by atoms with Crippen molar-refractivity contribution >= 4 is 34.0 Å². The highest BCUT2D eigenvalue weighted by atomic mass is 16.5. The van der Waals surface area contributed by atoms with Crippen LogP contribution in [0.2, 0.25) is 0 Å². The summed E-state index contributed by atoms with van der Waals surface area (Å²) in [7, 11) is 0. The number of ether oxygens (including phenoxy) is 1. The van der Waals surface area contributed by atoms with Gasteiger partial charge in [0.2, 0.25) is 0 Å². The lowest BCUT2D eigenvalue weighted by Gasteiger charge is -2.35. The Morgan fingerprint density at radius 1 is 0.929 bits per heavy atom. The third kappa shape index (κ3) is 3.03. The van der Waals surface area contributed by atoms with Crippen LogP contribution in [0.1, 0.15) is 13.8 Å². The maximum absolute atomic E-state index is 5.83. The maximum atomic E-state index is 5.83. The fourth-order valence-electron chi connectivity index (χ4n) is 3.82. The first-order chi connectivity index (χ1) is 13.5. The number of nitrogens with two attached hydrogens (primary N) is 1. The number of aromatic nitrogens is 3. The van der Waals surface area contributed by atoms with Gasteiger partial charge in [-0.15, -0.1) is 0 Å². The van der Waals surface area contributed by atoms with Gasteiger partial charge in [-0.3, -0.25) is 4.98 Å². The number of rotatable bonds is 2. The largest absolute Gasteiger partial charge is 0.424 e. The second-order valence-electron chi connectivity index (χ2n) is 7.33. The maximum Gasteiger partial charge on any atom is 0.292 e. The lowest BCUT2D eigenvalue weighted by molar-refractivity contribution is -0.00545. The van der Waals surface area contributed by atoms with Crippen LogP contribution >= 0.6 is 0 Å². The molecule has 1 fully saturated rings. The fourth-order valence-corrected chi connectivity index (χ4v) is 3.82. The minimum Gasteiger partial charge on any atom is -0.424 e. The molecule has 0 spiro atoms. The molecule has 7 heteroatoms. The second-order valence-corrected chi connectivity index (χ2v) is 7.33. The molecule has 1 aliphatic heterocycles. The van der Waals surface area contributed by atoms with Crippen molar-refractivity contribution in [2.45, 2.75) is 26.1 Å². The van der Waals surface area contributed by atoms with E-state index in [4.69, 9.17) is 19.9 Å². The highest BCUT2D eigenvalue weighted by Gasteiger charge is 2.23. The van der Waals surface area contributed by atoms with Crippen LogP contribution < -0.4 is 10.6 Å². The zero-order valence-electron chi connectivity index (χ0n) is 15.8. The lowest BCUT2D eigenvalue weighted by Crippen LogP contribution is -2.45. The van der Waals surface area contributed by atoms with Gasteiger partial charge in [-0.05, 0) is 49.2 Å². The Morgan fingerprint density at radius 3 is 2.43 bits per heavy atom. The van der Waals surface area contributed by atoms with E-state index >= 15 is 0 Å². The molecule has 2 aromatic heterocycles. The Bertz CT molecular complexity index is 1160. The van der Waals surface area contributed by atoms with E-state index in [1.165, 1.54) is 0 Å². The molecule has 0 aliphatic carbocycles. The molecule has 0 bridgehead atoms. The summed E-state index contributed by atoms with van der Waals surface area (Å²) in [5, 5.41) is 0. The summed E-state index contributed by atoms with van der Waals surface area (Å²) in [4.78, 5) is 15.9. The molecule has 1 aliphatic rings. The zero-order chi connectivity index (χ0) is 19.3. The third-order valence-corrected chi connectivity index (χ3v) is 5.01. The minimum atomic E-state index is 0.175. The molecule has 4 aromatic rings. The van der Waals surface area contributed by atoms with Crippen molar-refractivity contribution in [3.8, 4) is 11.1 Å². The number of fused-ring (bicyclic) bond motifs is 2. The Morgan fingerprint density at radius 2 is 1.64 bits per heavy atom. The molecular weight excluding hydrogens is 354 g/mol. The highest BCUT2D eigenvalue weighted by molar-refractivity contribution is 5.86. The van der Waals surface area contributed by atoms with E-state index in [0.29, 0.717) is 5.58 Å². The Labute approximate surface area is 162 Å². The van der Waals surface area contributed by atoms with Gasteiger partial charge in [-0.2, -0.15) is 4.98 Å². The molecule has 0 saturated carbocycles. The van der Waals surface area contributed by atoms with E-state index < -0.39 is 0 Å². The molecule has 1 saturated heterocycles. The Hall–Kier alpha value is -3.19. The van der Waals surface area contributed by atoms with Crippen molar-refractivity contribution in [2.24, 2.45) is 0 Å². The number of hydrogen-bond acceptors (Lipinski definition) is 7. The normalized spacial score (nSPS) is 20.1. The van der Waals surface area contributed by atoms with E-state index in [2.05, 4.69) is 34.8 Å². The molecule has 0 amide bonds. The summed E-state index contributed by atoms with van der Waals surface area (Å²) in [6, 6.07) is 12.1. The molecule has 28 heavy (non-hydrogen) atoms. The summed E-state index contributed by atoms with van der Waals surface area (Å²) in [6.45, 7) is 5.80. The number of morpholine rings is 1. The van der Waals surface area contributed by atoms with E-state index in [0.717, 1.165) is 46.6 Å². The van der Waals surface area contributed by atoms with Gasteiger partial charge in [0.05, 0.1) is 29.4 Å². The van der Waals surface area contributed by atoms with Gasteiger partial charge in [0.25, 0.3) is 6.01 Å². The van der Waals surface area contributed by atoms with Crippen molar-refractivity contribution in [3.63, 3.8) is 0 Å². The van der Waals surface area contributed by atoms with Crippen molar-refractivity contribution in [3.05, 3.63) is 42.6 Å². The smallest absolute Gasteiger partial charge is 0.292 e. The molecule has 3 heterocycles. The second kappa shape index (κ2) is 6.45. The number of nitrogen functional groups attached to an aromatic ring is 1. The third-order valence-electron chi connectivity index (χ3n) is 5.01. The topological polar surface area (TPSA) is 90.3 Å². The summed E-state index contributed by atoms with van der Waals surface area (Å²) in [5.74, 6) is 0.881. The molecule has 5 rings (SSSR count). The van der Waals surface area contributed by atoms with Gasteiger partial charge >= 0.3 is 0 Å². The van der Waals surface area contributed by atoms with Crippen molar-refractivity contribution in [1.82, 2.24) is 15.0 Å². The first kappa shape index (κ1) is 16.9. The summed E-state index contributed by atoms with van der Waals surface area (Å²) >= 11 is 0. The summed E-state index contributed by atoms with van der Waals surface area (Å²) in [6.07, 6.45) is 2.19. The number of anilines is 2. The molecule has 7 nitrogen and oxygen atoms in total. The zero-order valence-corrected chi connectivity index (χ0v) is 15.8. The van der Waals surface area contributed by atoms with Gasteiger partial charge in [0.1, 0.15) is 11.3 Å². The number of benzene rings is 2. The molecule has 2 aromatic carbocycles. The molecular formula is C21H21N5O2. The van der Waals surface area contributed by atoms with Gasteiger partial charge < -0.3 is 19.8 Å². The highest BCUT2D eigenvalue weighted by Crippen LogP contribution is 2.28. The Kier molecular flexibility index (Phi) is 3.91. The van der Waals surface area contributed by atoms with Crippen LogP contribution in [-0.2, 0) is 4.74 Å². The minimum absolute atomic E-state index is 0.175. The SMILES string of the molecule is CC1CN(c2cnc3ccc(-c4ccc5oc(N)nc5c4)cc3n2)CC(C)O1. The van der Waals surface area contributed by atoms with Crippen LogP contribution in [0.25, 0.3) is 33.3 Å². The average Bonchev–Trinajstić information content (AvgIpc) is 3.05. The lowest BCUT2D eigenvalue weighted by atomic mass is 10.0. The summed E-state index contributed by atoms with van der Waals surface area (Å²) in [5.41, 5.74) is 10.9. The summed E-state index contributed by atoms with van der Waals surface area (Å²) < 4.78 is 11.2. The van der Waals surface area contributed by atoms with E-state index in [1.54, 1.807) is 0 Å². The van der Waals surface area contributed by atoms with E-state index in [-0.39, 0.29) is 18.2 Å². The number of hydrogen-bond donors (Lipinski definition) is 1. The van der Waals surface area contributed by atoms with Crippen LogP contribution in [-0.4, -0.2) is 40.2 Å². The predicted octanol–water partition coefficient (Wildman–Crippen LogP) is 3.63. The number of nitrogens with zero attached hydrogens (tertiary/aromatic N) is 4. The average molecular weight is 375 g/mol. The molecule has 2 atom stereocenters. The van der Waals surface area contributed by atoms with Crippen LogP contribution in [0.4, 0.5) is 11.8 Å². The van der Waals surface area contributed by atoms with Crippen molar-refractivity contribution < 1.29 is 9.15 Å². The van der Waals surface area contributed by atoms with Crippen molar-refractivity contribution in [2.75, 3.05) is 23.7 Å². The first-order valence-electron chi connectivity index (χ1n) is 9.39. The van der Waals surface area contributed by atoms with Gasteiger partial charge in [-0.25, -0.2) is 4.98 Å². The quantitative estimate of drug-likeness (QED) is 0.572. The van der Waals surface area contributed by atoms with Gasteiger partial charge in [0, 0.05) is 13.1 Å².